The zero-order chi connectivity index (χ0) is 19.7. The predicted molar refractivity (Wildman–Crippen MR) is 110 cm³/mol. The van der Waals surface area contributed by atoms with Crippen molar-refractivity contribution in [1.29, 1.82) is 0 Å². The van der Waals surface area contributed by atoms with E-state index < -0.39 is 0 Å². The van der Waals surface area contributed by atoms with Crippen LogP contribution in [0.15, 0.2) is 30.9 Å². The Kier molecular flexibility index (Phi) is 5.31. The minimum atomic E-state index is 0.439. The summed E-state index contributed by atoms with van der Waals surface area (Å²) in [6, 6.07) is 4.68. The fourth-order valence-corrected chi connectivity index (χ4v) is 4.25. The van der Waals surface area contributed by atoms with Crippen LogP contribution in [0.3, 0.4) is 0 Å². The van der Waals surface area contributed by atoms with Crippen molar-refractivity contribution in [3.05, 3.63) is 64.8 Å². The van der Waals surface area contributed by atoms with Crippen LogP contribution in [0.4, 0.5) is 0 Å². The highest BCUT2D eigenvalue weighted by Crippen LogP contribution is 2.28. The fraction of sp³-hybridized carbons (Fsp3) is 0.500. The third-order valence-corrected chi connectivity index (χ3v) is 6.10. The van der Waals surface area contributed by atoms with Gasteiger partial charge >= 0.3 is 0 Å². The van der Waals surface area contributed by atoms with Crippen LogP contribution in [0, 0.1) is 20.8 Å². The van der Waals surface area contributed by atoms with Gasteiger partial charge in [-0.25, -0.2) is 4.98 Å². The lowest BCUT2D eigenvalue weighted by Crippen LogP contribution is -2.35. The first-order chi connectivity index (χ1) is 13.5. The molecule has 1 saturated heterocycles. The zero-order valence-electron chi connectivity index (χ0n) is 17.4. The second-order valence-corrected chi connectivity index (χ2v) is 8.21. The smallest absolute Gasteiger partial charge is 0.152 e. The molecule has 1 aliphatic rings. The van der Waals surface area contributed by atoms with E-state index in [2.05, 4.69) is 64.6 Å². The van der Waals surface area contributed by atoms with Crippen LogP contribution in [-0.4, -0.2) is 42.3 Å². The molecule has 0 saturated carbocycles. The van der Waals surface area contributed by atoms with E-state index in [1.807, 2.05) is 17.1 Å². The van der Waals surface area contributed by atoms with Crippen LogP contribution in [0.1, 0.15) is 52.7 Å². The van der Waals surface area contributed by atoms with Gasteiger partial charge in [0.2, 0.25) is 0 Å². The van der Waals surface area contributed by atoms with E-state index in [1.54, 1.807) is 6.20 Å². The molecule has 1 aliphatic heterocycles. The van der Waals surface area contributed by atoms with Gasteiger partial charge in [-0.1, -0.05) is 12.1 Å². The van der Waals surface area contributed by atoms with Crippen LogP contribution in [0.25, 0.3) is 0 Å². The molecule has 1 atom stereocenters. The molecule has 1 aromatic carbocycles. The third-order valence-electron chi connectivity index (χ3n) is 6.10. The van der Waals surface area contributed by atoms with Gasteiger partial charge in [0, 0.05) is 38.4 Å². The van der Waals surface area contributed by atoms with Crippen molar-refractivity contribution in [3.63, 3.8) is 0 Å². The molecule has 3 aromatic rings. The molecular weight excluding hydrogens is 348 g/mol. The Balaban J connectivity index is 1.47. The molecule has 6 nitrogen and oxygen atoms in total. The number of aromatic nitrogens is 5. The van der Waals surface area contributed by atoms with E-state index in [4.69, 9.17) is 0 Å². The average Bonchev–Trinajstić information content (AvgIpc) is 3.31. The number of aryl methyl sites for hydroxylation is 3. The summed E-state index contributed by atoms with van der Waals surface area (Å²) in [7, 11) is 2.09. The predicted octanol–water partition coefficient (Wildman–Crippen LogP) is 3.36. The Morgan fingerprint density at radius 1 is 1.04 bits per heavy atom. The Morgan fingerprint density at radius 3 is 2.64 bits per heavy atom. The first kappa shape index (κ1) is 18.9. The number of nitrogens with zero attached hydrogens (tertiary/aromatic N) is 6. The first-order valence-electron chi connectivity index (χ1n) is 10.1. The van der Waals surface area contributed by atoms with Crippen molar-refractivity contribution in [2.75, 3.05) is 13.1 Å². The molecule has 2 aromatic heterocycles. The summed E-state index contributed by atoms with van der Waals surface area (Å²) < 4.78 is 4.21. The SMILES string of the molecule is Cc1cc(C)c(CN2CCCC(c3nnc(Cn4ccnc4)n3C)C2)cc1C. The minimum absolute atomic E-state index is 0.439. The summed E-state index contributed by atoms with van der Waals surface area (Å²) in [5.41, 5.74) is 5.60. The highest BCUT2D eigenvalue weighted by molar-refractivity contribution is 5.36. The van der Waals surface area contributed by atoms with Crippen LogP contribution in [0.5, 0.6) is 0 Å². The van der Waals surface area contributed by atoms with Gasteiger partial charge in [0.15, 0.2) is 5.82 Å². The van der Waals surface area contributed by atoms with Crippen LogP contribution < -0.4 is 0 Å². The van der Waals surface area contributed by atoms with E-state index in [0.29, 0.717) is 12.5 Å². The molecule has 6 heteroatoms. The summed E-state index contributed by atoms with van der Waals surface area (Å²) in [5.74, 6) is 2.53. The maximum absolute atomic E-state index is 4.56. The Hall–Kier alpha value is -2.47. The van der Waals surface area contributed by atoms with Crippen molar-refractivity contribution in [2.24, 2.45) is 7.05 Å². The molecule has 3 heterocycles. The van der Waals surface area contributed by atoms with Gasteiger partial charge in [0.05, 0.1) is 12.9 Å². The molecule has 0 aliphatic carbocycles. The van der Waals surface area contributed by atoms with Crippen molar-refractivity contribution >= 4 is 0 Å². The highest BCUT2D eigenvalue weighted by atomic mass is 15.3. The maximum Gasteiger partial charge on any atom is 0.152 e. The van der Waals surface area contributed by atoms with Crippen molar-refractivity contribution < 1.29 is 0 Å². The largest absolute Gasteiger partial charge is 0.330 e. The van der Waals surface area contributed by atoms with E-state index in [1.165, 1.54) is 35.1 Å². The molecule has 148 valence electrons. The summed E-state index contributed by atoms with van der Waals surface area (Å²) in [6.45, 7) is 10.6. The molecule has 4 rings (SSSR count). The van der Waals surface area contributed by atoms with E-state index in [0.717, 1.165) is 31.3 Å². The summed E-state index contributed by atoms with van der Waals surface area (Å²) in [4.78, 5) is 6.69. The van der Waals surface area contributed by atoms with Gasteiger partial charge in [-0.2, -0.15) is 0 Å². The van der Waals surface area contributed by atoms with E-state index >= 15 is 0 Å². The lowest BCUT2D eigenvalue weighted by Gasteiger charge is -2.32. The Labute approximate surface area is 167 Å². The molecule has 0 spiro atoms. The molecule has 0 bridgehead atoms. The van der Waals surface area contributed by atoms with Gasteiger partial charge in [0.1, 0.15) is 5.82 Å². The number of rotatable bonds is 5. The maximum atomic E-state index is 4.56. The normalized spacial score (nSPS) is 17.9. The molecule has 0 amide bonds. The number of imidazole rings is 1. The average molecular weight is 379 g/mol. The molecule has 1 unspecified atom stereocenters. The van der Waals surface area contributed by atoms with E-state index in [9.17, 15) is 0 Å². The fourth-order valence-electron chi connectivity index (χ4n) is 4.25. The van der Waals surface area contributed by atoms with Crippen LogP contribution >= 0.6 is 0 Å². The summed E-state index contributed by atoms with van der Waals surface area (Å²) in [5, 5.41) is 9.01. The Bertz CT molecular complexity index is 940. The molecular formula is C22H30N6. The Morgan fingerprint density at radius 2 is 1.86 bits per heavy atom. The quantitative estimate of drug-likeness (QED) is 0.683. The van der Waals surface area contributed by atoms with E-state index in [-0.39, 0.29) is 0 Å². The molecule has 0 radical (unpaired) electrons. The van der Waals surface area contributed by atoms with Gasteiger partial charge < -0.3 is 9.13 Å². The third kappa shape index (κ3) is 3.87. The van der Waals surface area contributed by atoms with Crippen molar-refractivity contribution in [1.82, 2.24) is 29.2 Å². The van der Waals surface area contributed by atoms with Gasteiger partial charge in [-0.15, -0.1) is 10.2 Å². The second-order valence-electron chi connectivity index (χ2n) is 8.21. The minimum Gasteiger partial charge on any atom is -0.330 e. The van der Waals surface area contributed by atoms with Gasteiger partial charge in [-0.3, -0.25) is 4.90 Å². The summed E-state index contributed by atoms with van der Waals surface area (Å²) in [6.07, 6.45) is 7.97. The van der Waals surface area contributed by atoms with Crippen molar-refractivity contribution in [3.8, 4) is 0 Å². The molecule has 28 heavy (non-hydrogen) atoms. The van der Waals surface area contributed by atoms with Crippen molar-refractivity contribution in [2.45, 2.75) is 52.6 Å². The second kappa shape index (κ2) is 7.87. The first-order valence-corrected chi connectivity index (χ1v) is 10.1. The lowest BCUT2D eigenvalue weighted by molar-refractivity contribution is 0.194. The number of hydrogen-bond donors (Lipinski definition) is 0. The topological polar surface area (TPSA) is 51.8 Å². The highest BCUT2D eigenvalue weighted by Gasteiger charge is 2.26. The number of hydrogen-bond acceptors (Lipinski definition) is 4. The molecule has 0 N–H and O–H groups in total. The monoisotopic (exact) mass is 378 g/mol. The van der Waals surface area contributed by atoms with Gasteiger partial charge in [0.25, 0.3) is 0 Å². The zero-order valence-corrected chi connectivity index (χ0v) is 17.4. The van der Waals surface area contributed by atoms with Crippen LogP contribution in [0.2, 0.25) is 0 Å². The standard InChI is InChI=1S/C22H30N6/c1-16-10-18(3)20(11-17(16)2)13-27-8-5-6-19(12-27)22-25-24-21(26(22)4)14-28-9-7-23-15-28/h7,9-11,15,19H,5-6,8,12-14H2,1-4H3. The number of benzene rings is 1. The summed E-state index contributed by atoms with van der Waals surface area (Å²) >= 11 is 0. The van der Waals surface area contributed by atoms with Gasteiger partial charge in [-0.05, 0) is 62.4 Å². The number of likely N-dealkylation sites (tertiary alicyclic amines) is 1. The molecule has 1 fully saturated rings. The lowest BCUT2D eigenvalue weighted by atomic mass is 9.95. The van der Waals surface area contributed by atoms with Crippen LogP contribution in [-0.2, 0) is 20.1 Å². The number of piperidine rings is 1.